The second-order valence-corrected chi connectivity index (χ2v) is 9.90. The number of fused-ring (bicyclic) bond motifs is 1. The van der Waals surface area contributed by atoms with E-state index in [9.17, 15) is 9.59 Å². The van der Waals surface area contributed by atoms with Gasteiger partial charge in [-0.1, -0.05) is 11.9 Å². The molecule has 0 aromatic heterocycles. The summed E-state index contributed by atoms with van der Waals surface area (Å²) >= 11 is 1.50. The van der Waals surface area contributed by atoms with E-state index in [1.807, 2.05) is 45.2 Å². The Kier molecular flexibility index (Phi) is 8.30. The van der Waals surface area contributed by atoms with E-state index in [-0.39, 0.29) is 5.78 Å². The zero-order valence-corrected chi connectivity index (χ0v) is 20.3. The quantitative estimate of drug-likeness (QED) is 0.444. The van der Waals surface area contributed by atoms with Gasteiger partial charge in [0.15, 0.2) is 5.78 Å². The molecule has 2 aliphatic heterocycles. The van der Waals surface area contributed by atoms with Gasteiger partial charge in [-0.25, -0.2) is 4.79 Å². The normalized spacial score (nSPS) is 18.1. The molecule has 2 N–H and O–H groups in total. The number of rotatable bonds is 8. The lowest BCUT2D eigenvalue weighted by molar-refractivity contribution is -0.0148. The van der Waals surface area contributed by atoms with E-state index in [4.69, 9.17) is 14.2 Å². The van der Waals surface area contributed by atoms with Gasteiger partial charge in [0, 0.05) is 51.0 Å². The number of alkyl carbamates (subject to hydrolysis) is 1. The summed E-state index contributed by atoms with van der Waals surface area (Å²) in [5.41, 5.74) is 0.693. The summed E-state index contributed by atoms with van der Waals surface area (Å²) in [4.78, 5) is 26.7. The fraction of sp³-hybridized carbons (Fsp3) is 0.652. The van der Waals surface area contributed by atoms with Crippen LogP contribution in [0.1, 0.15) is 50.4 Å². The largest absolute Gasteiger partial charge is 0.486 e. The van der Waals surface area contributed by atoms with Crippen LogP contribution in [0.5, 0.6) is 5.75 Å². The van der Waals surface area contributed by atoms with Crippen molar-refractivity contribution in [1.29, 1.82) is 0 Å². The van der Waals surface area contributed by atoms with Crippen LogP contribution in [0.3, 0.4) is 0 Å². The number of ketones is 1. The van der Waals surface area contributed by atoms with Gasteiger partial charge in [-0.05, 0) is 39.0 Å². The highest BCUT2D eigenvalue weighted by Gasteiger charge is 2.42. The molecule has 0 saturated carbocycles. The predicted octanol–water partition coefficient (Wildman–Crippen LogP) is 3.72. The van der Waals surface area contributed by atoms with Crippen molar-refractivity contribution < 1.29 is 23.8 Å². The molecule has 0 unspecified atom stereocenters. The fourth-order valence-corrected chi connectivity index (χ4v) is 4.34. The number of carbonyl (C=O) groups excluding carboxylic acids is 2. The van der Waals surface area contributed by atoms with Gasteiger partial charge in [0.05, 0.1) is 25.2 Å². The van der Waals surface area contributed by atoms with Crippen LogP contribution in [0, 0.1) is 0 Å². The number of nitrogens with zero attached hydrogens (tertiary/aromatic N) is 1. The van der Waals surface area contributed by atoms with Gasteiger partial charge in [0.1, 0.15) is 17.0 Å². The number of carbonyl (C=O) groups is 2. The molecule has 0 bridgehead atoms. The van der Waals surface area contributed by atoms with Crippen LogP contribution in [-0.2, 0) is 9.47 Å². The van der Waals surface area contributed by atoms with E-state index in [1.165, 1.54) is 11.9 Å². The second kappa shape index (κ2) is 10.8. The van der Waals surface area contributed by atoms with Gasteiger partial charge >= 0.3 is 6.09 Å². The number of likely N-dealkylation sites (tertiary alicyclic amines) is 1. The lowest BCUT2D eigenvalue weighted by atomic mass is 9.82. The predicted molar refractivity (Wildman–Crippen MR) is 127 cm³/mol. The Labute approximate surface area is 194 Å². The van der Waals surface area contributed by atoms with Gasteiger partial charge in [0.25, 0.3) is 0 Å². The van der Waals surface area contributed by atoms with E-state index in [1.54, 1.807) is 0 Å². The molecule has 1 spiro atoms. The Morgan fingerprint density at radius 3 is 2.69 bits per heavy atom. The minimum Gasteiger partial charge on any atom is -0.486 e. The van der Waals surface area contributed by atoms with Crippen LogP contribution in [0.15, 0.2) is 18.2 Å². The van der Waals surface area contributed by atoms with Gasteiger partial charge in [-0.3, -0.25) is 4.79 Å². The molecule has 1 aromatic carbocycles. The van der Waals surface area contributed by atoms with E-state index in [0.29, 0.717) is 37.5 Å². The fourth-order valence-electron chi connectivity index (χ4n) is 3.97. The first-order chi connectivity index (χ1) is 15.2. The van der Waals surface area contributed by atoms with E-state index in [0.717, 1.165) is 38.2 Å². The molecule has 8 nitrogen and oxygen atoms in total. The van der Waals surface area contributed by atoms with E-state index >= 15 is 0 Å². The SMILES string of the molecule is CSNc1ccc2c(c1)C(=O)CC1(CCN(CCOCCNC(=O)OC(C)(C)C)CC1)O2. The Hall–Kier alpha value is -1.97. The third kappa shape index (κ3) is 7.02. The molecular formula is C23H35N3O5S. The van der Waals surface area contributed by atoms with Gasteiger partial charge in [-0.2, -0.15) is 0 Å². The van der Waals surface area contributed by atoms with Crippen LogP contribution >= 0.6 is 11.9 Å². The van der Waals surface area contributed by atoms with Gasteiger partial charge in [-0.15, -0.1) is 0 Å². The topological polar surface area (TPSA) is 89.1 Å². The van der Waals surface area contributed by atoms with Crippen molar-refractivity contribution in [2.45, 2.75) is 51.2 Å². The number of benzene rings is 1. The maximum Gasteiger partial charge on any atom is 0.407 e. The highest BCUT2D eigenvalue weighted by atomic mass is 32.2. The molecule has 1 fully saturated rings. The number of nitrogens with one attached hydrogen (secondary N) is 2. The van der Waals surface area contributed by atoms with Crippen molar-refractivity contribution in [3.8, 4) is 5.75 Å². The monoisotopic (exact) mass is 465 g/mol. The summed E-state index contributed by atoms with van der Waals surface area (Å²) in [5.74, 6) is 0.854. The van der Waals surface area contributed by atoms with Gasteiger partial charge < -0.3 is 29.1 Å². The summed E-state index contributed by atoms with van der Waals surface area (Å²) < 4.78 is 20.4. The number of amides is 1. The molecule has 2 aliphatic rings. The zero-order valence-electron chi connectivity index (χ0n) is 19.5. The van der Waals surface area contributed by atoms with Crippen molar-refractivity contribution in [3.05, 3.63) is 23.8 Å². The first-order valence-electron chi connectivity index (χ1n) is 11.1. The molecule has 9 heteroatoms. The minimum atomic E-state index is -0.500. The Balaban J connectivity index is 1.36. The number of hydrogen-bond acceptors (Lipinski definition) is 8. The number of ether oxygens (including phenoxy) is 3. The highest BCUT2D eigenvalue weighted by molar-refractivity contribution is 7.99. The molecule has 0 atom stereocenters. The summed E-state index contributed by atoms with van der Waals surface area (Å²) in [6.07, 6.45) is 3.60. The molecule has 3 rings (SSSR count). The molecule has 178 valence electrons. The van der Waals surface area contributed by atoms with Crippen molar-refractivity contribution in [2.75, 3.05) is 50.4 Å². The van der Waals surface area contributed by atoms with Crippen LogP contribution in [0.25, 0.3) is 0 Å². The van der Waals surface area contributed by atoms with Crippen LogP contribution < -0.4 is 14.8 Å². The molecule has 2 heterocycles. The first-order valence-corrected chi connectivity index (χ1v) is 12.3. The summed E-state index contributed by atoms with van der Waals surface area (Å²) in [7, 11) is 0. The van der Waals surface area contributed by atoms with Crippen molar-refractivity contribution >= 4 is 29.5 Å². The van der Waals surface area contributed by atoms with Crippen LogP contribution in [-0.4, -0.2) is 73.6 Å². The third-order valence-electron chi connectivity index (χ3n) is 5.54. The molecule has 0 aliphatic carbocycles. The Bertz CT molecular complexity index is 803. The number of hydrogen-bond donors (Lipinski definition) is 2. The maximum atomic E-state index is 12.8. The molecular weight excluding hydrogens is 430 g/mol. The van der Waals surface area contributed by atoms with E-state index in [2.05, 4.69) is 14.9 Å². The number of piperidine rings is 1. The Morgan fingerprint density at radius 1 is 1.25 bits per heavy atom. The van der Waals surface area contributed by atoms with E-state index < -0.39 is 17.3 Å². The van der Waals surface area contributed by atoms with Crippen molar-refractivity contribution in [3.63, 3.8) is 0 Å². The molecule has 1 aromatic rings. The maximum absolute atomic E-state index is 12.8. The minimum absolute atomic E-state index is 0.158. The van der Waals surface area contributed by atoms with Crippen molar-refractivity contribution in [1.82, 2.24) is 10.2 Å². The van der Waals surface area contributed by atoms with Crippen LogP contribution in [0.4, 0.5) is 10.5 Å². The Morgan fingerprint density at radius 2 is 2.00 bits per heavy atom. The average Bonchev–Trinajstić information content (AvgIpc) is 2.71. The standard InChI is InChI=1S/C23H35N3O5S/c1-22(2,3)31-21(28)24-9-13-29-14-12-26-10-7-23(8-11-26)16-19(27)18-15-17(25-32-4)5-6-20(18)30-23/h5-6,15,25H,7-14,16H2,1-4H3,(H,24,28). The molecule has 1 amide bonds. The first kappa shape index (κ1) is 24.7. The molecule has 32 heavy (non-hydrogen) atoms. The second-order valence-electron chi connectivity index (χ2n) is 9.28. The summed E-state index contributed by atoms with van der Waals surface area (Å²) in [5, 5.41) is 2.69. The lowest BCUT2D eigenvalue weighted by Gasteiger charge is -2.44. The van der Waals surface area contributed by atoms with Gasteiger partial charge in [0.2, 0.25) is 0 Å². The summed E-state index contributed by atoms with van der Waals surface area (Å²) in [6, 6.07) is 5.73. The molecule has 1 saturated heterocycles. The highest BCUT2D eigenvalue weighted by Crippen LogP contribution is 2.40. The third-order valence-corrected chi connectivity index (χ3v) is 5.98. The van der Waals surface area contributed by atoms with Crippen LogP contribution in [0.2, 0.25) is 0 Å². The van der Waals surface area contributed by atoms with Crippen molar-refractivity contribution in [2.24, 2.45) is 0 Å². The number of anilines is 1. The lowest BCUT2D eigenvalue weighted by Crippen LogP contribution is -2.51. The summed E-state index contributed by atoms with van der Waals surface area (Å²) in [6.45, 7) is 9.51. The number of Topliss-reactive ketones (excluding diaryl/α,β-unsaturated/α-hetero) is 1. The average molecular weight is 466 g/mol. The smallest absolute Gasteiger partial charge is 0.407 e. The zero-order chi connectivity index (χ0) is 23.2. The molecule has 0 radical (unpaired) electrons.